The van der Waals surface area contributed by atoms with Crippen molar-refractivity contribution in [2.45, 2.75) is 70.8 Å². The van der Waals surface area contributed by atoms with Crippen molar-refractivity contribution in [2.24, 2.45) is 5.16 Å². The smallest absolute Gasteiger partial charge is 0.388 e. The lowest BCUT2D eigenvalue weighted by atomic mass is 9.84. The molecule has 0 aromatic heterocycles. The largest absolute Gasteiger partial charge is 0.430 e. The molecule has 2 aliphatic rings. The number of carbonyl (C=O) groups excluding carboxylic acids is 1. The van der Waals surface area contributed by atoms with E-state index in [9.17, 15) is 4.79 Å². The van der Waals surface area contributed by atoms with Crippen LogP contribution in [-0.4, -0.2) is 35.6 Å². The number of oxime groups is 1. The third-order valence-corrected chi connectivity index (χ3v) is 6.59. The minimum absolute atomic E-state index is 0.129. The van der Waals surface area contributed by atoms with Gasteiger partial charge in [-0.05, 0) is 40.2 Å². The van der Waals surface area contributed by atoms with E-state index in [1.54, 1.807) is 5.06 Å². The number of nitrogens with one attached hydrogen (secondary N) is 1. The Morgan fingerprint density at radius 3 is 2.27 bits per heavy atom. The normalized spacial score (nSPS) is 18.2. The van der Waals surface area contributed by atoms with Crippen LogP contribution in [0.3, 0.4) is 0 Å². The summed E-state index contributed by atoms with van der Waals surface area (Å²) >= 11 is 0. The number of hydroxylamine groups is 2. The molecule has 0 aliphatic carbocycles. The van der Waals surface area contributed by atoms with E-state index >= 15 is 0 Å². The summed E-state index contributed by atoms with van der Waals surface area (Å²) in [7, 11) is 0. The molecule has 4 rings (SSSR count). The third kappa shape index (κ3) is 5.56. The highest BCUT2D eigenvalue weighted by molar-refractivity contribution is 6.01. The Kier molecular flexibility index (Phi) is 6.48. The van der Waals surface area contributed by atoms with Gasteiger partial charge in [-0.1, -0.05) is 76.2 Å². The standard InChI is InChI=1S/C27H35N3O3/c1-19(2)20-8-12-23(13-9-20)28-25(31)32-30-16-14-27(15-17-30)18-24(29-33-27)21-6-10-22(11-7-21)26(3,4)5/h6-13,19H,14-18H2,1-5H3,(H,28,31). The summed E-state index contributed by atoms with van der Waals surface area (Å²) in [6.45, 7) is 12.2. The van der Waals surface area contributed by atoms with E-state index in [0.717, 1.165) is 36.2 Å². The zero-order valence-corrected chi connectivity index (χ0v) is 20.4. The topological polar surface area (TPSA) is 63.2 Å². The Balaban J connectivity index is 1.26. The van der Waals surface area contributed by atoms with Gasteiger partial charge in [0.15, 0.2) is 0 Å². The molecule has 0 saturated carbocycles. The van der Waals surface area contributed by atoms with Crippen LogP contribution in [0.4, 0.5) is 10.5 Å². The number of amides is 1. The van der Waals surface area contributed by atoms with Gasteiger partial charge in [-0.15, -0.1) is 5.06 Å². The van der Waals surface area contributed by atoms with Gasteiger partial charge in [0.25, 0.3) is 0 Å². The summed E-state index contributed by atoms with van der Waals surface area (Å²) < 4.78 is 0. The number of benzene rings is 2. The molecule has 6 nitrogen and oxygen atoms in total. The van der Waals surface area contributed by atoms with Gasteiger partial charge in [-0.3, -0.25) is 5.32 Å². The molecule has 1 fully saturated rings. The average molecular weight is 450 g/mol. The molecule has 1 saturated heterocycles. The summed E-state index contributed by atoms with van der Waals surface area (Å²) in [6, 6.07) is 16.5. The van der Waals surface area contributed by atoms with Gasteiger partial charge in [-0.2, -0.15) is 0 Å². The second-order valence-electron chi connectivity index (χ2n) is 10.5. The molecule has 0 unspecified atom stereocenters. The van der Waals surface area contributed by atoms with Crippen LogP contribution in [0.25, 0.3) is 0 Å². The van der Waals surface area contributed by atoms with Gasteiger partial charge in [0, 0.05) is 38.0 Å². The molecule has 2 aromatic rings. The van der Waals surface area contributed by atoms with Crippen molar-refractivity contribution in [1.29, 1.82) is 0 Å². The number of rotatable bonds is 4. The summed E-state index contributed by atoms with van der Waals surface area (Å²) in [5.41, 5.74) is 5.20. The van der Waals surface area contributed by atoms with Crippen LogP contribution in [0.2, 0.25) is 0 Å². The lowest BCUT2D eigenvalue weighted by Crippen LogP contribution is -2.45. The van der Waals surface area contributed by atoms with E-state index in [4.69, 9.17) is 9.68 Å². The lowest BCUT2D eigenvalue weighted by Gasteiger charge is -2.35. The SMILES string of the molecule is CC(C)c1ccc(NC(=O)ON2CCC3(CC2)CC(c2ccc(C(C)(C)C)cc2)=NO3)cc1. The number of nitrogens with zero attached hydrogens (tertiary/aromatic N) is 2. The van der Waals surface area contributed by atoms with Crippen molar-refractivity contribution in [3.05, 3.63) is 65.2 Å². The number of piperidine rings is 1. The highest BCUT2D eigenvalue weighted by atomic mass is 16.7. The third-order valence-electron chi connectivity index (χ3n) is 6.59. The van der Waals surface area contributed by atoms with E-state index in [-0.39, 0.29) is 11.0 Å². The van der Waals surface area contributed by atoms with Crippen LogP contribution >= 0.6 is 0 Å². The first-order valence-electron chi connectivity index (χ1n) is 11.8. The van der Waals surface area contributed by atoms with Crippen molar-refractivity contribution < 1.29 is 14.5 Å². The van der Waals surface area contributed by atoms with Gasteiger partial charge in [0.05, 0.1) is 5.71 Å². The maximum atomic E-state index is 12.3. The average Bonchev–Trinajstić information content (AvgIpc) is 3.19. The summed E-state index contributed by atoms with van der Waals surface area (Å²) in [4.78, 5) is 23.8. The van der Waals surface area contributed by atoms with Crippen LogP contribution in [0.15, 0.2) is 53.7 Å². The molecule has 2 heterocycles. The number of hydrogen-bond acceptors (Lipinski definition) is 5. The Morgan fingerprint density at radius 1 is 1.06 bits per heavy atom. The second-order valence-corrected chi connectivity index (χ2v) is 10.5. The van der Waals surface area contributed by atoms with Gasteiger partial charge in [0.1, 0.15) is 5.60 Å². The van der Waals surface area contributed by atoms with Crippen molar-refractivity contribution in [2.75, 3.05) is 18.4 Å². The molecule has 0 bridgehead atoms. The number of carbonyl (C=O) groups is 1. The van der Waals surface area contributed by atoms with Crippen molar-refractivity contribution in [3.63, 3.8) is 0 Å². The fraction of sp³-hybridized carbons (Fsp3) is 0.481. The zero-order chi connectivity index (χ0) is 23.6. The van der Waals surface area contributed by atoms with Gasteiger partial charge in [-0.25, -0.2) is 4.79 Å². The predicted octanol–water partition coefficient (Wildman–Crippen LogP) is 6.23. The Labute approximate surface area is 196 Å². The maximum absolute atomic E-state index is 12.3. The van der Waals surface area contributed by atoms with E-state index in [1.807, 2.05) is 24.3 Å². The van der Waals surface area contributed by atoms with Crippen LogP contribution < -0.4 is 5.32 Å². The Bertz CT molecular complexity index is 996. The molecule has 1 N–H and O–H groups in total. The van der Waals surface area contributed by atoms with E-state index < -0.39 is 6.09 Å². The Morgan fingerprint density at radius 2 is 1.70 bits per heavy atom. The fourth-order valence-electron chi connectivity index (χ4n) is 4.30. The molecular weight excluding hydrogens is 414 g/mol. The molecule has 33 heavy (non-hydrogen) atoms. The molecule has 0 atom stereocenters. The van der Waals surface area contributed by atoms with Crippen LogP contribution in [0, 0.1) is 0 Å². The van der Waals surface area contributed by atoms with Crippen LogP contribution in [0.5, 0.6) is 0 Å². The van der Waals surface area contributed by atoms with Gasteiger partial charge >= 0.3 is 6.09 Å². The van der Waals surface area contributed by atoms with Crippen molar-refractivity contribution >= 4 is 17.5 Å². The lowest BCUT2D eigenvalue weighted by molar-refractivity contribution is -0.154. The molecule has 6 heteroatoms. The first-order chi connectivity index (χ1) is 15.6. The van der Waals surface area contributed by atoms with Gasteiger partial charge < -0.3 is 9.68 Å². The first-order valence-corrected chi connectivity index (χ1v) is 11.8. The monoisotopic (exact) mass is 449 g/mol. The zero-order valence-electron chi connectivity index (χ0n) is 20.4. The van der Waals surface area contributed by atoms with E-state index in [0.29, 0.717) is 19.0 Å². The quantitative estimate of drug-likeness (QED) is 0.601. The minimum Gasteiger partial charge on any atom is -0.388 e. The molecule has 1 spiro atoms. The van der Waals surface area contributed by atoms with Crippen LogP contribution in [0.1, 0.15) is 76.5 Å². The van der Waals surface area contributed by atoms with E-state index in [1.165, 1.54) is 11.1 Å². The van der Waals surface area contributed by atoms with Crippen molar-refractivity contribution in [3.8, 4) is 0 Å². The Hall–Kier alpha value is -2.86. The molecule has 2 aromatic carbocycles. The number of anilines is 1. The maximum Gasteiger partial charge on any atom is 0.430 e. The summed E-state index contributed by atoms with van der Waals surface area (Å²) in [6.07, 6.45) is 1.84. The summed E-state index contributed by atoms with van der Waals surface area (Å²) in [5, 5.41) is 8.93. The van der Waals surface area contributed by atoms with Crippen LogP contribution in [-0.2, 0) is 15.1 Å². The molecule has 0 radical (unpaired) electrons. The highest BCUT2D eigenvalue weighted by Gasteiger charge is 2.43. The van der Waals surface area contributed by atoms with Gasteiger partial charge in [0.2, 0.25) is 0 Å². The highest BCUT2D eigenvalue weighted by Crippen LogP contribution is 2.36. The molecule has 176 valence electrons. The molecule has 1 amide bonds. The van der Waals surface area contributed by atoms with Crippen molar-refractivity contribution in [1.82, 2.24) is 5.06 Å². The molecule has 2 aliphatic heterocycles. The number of hydrogen-bond donors (Lipinski definition) is 1. The summed E-state index contributed by atoms with van der Waals surface area (Å²) in [5.74, 6) is 0.455. The second kappa shape index (κ2) is 9.18. The van der Waals surface area contributed by atoms with E-state index in [2.05, 4.69) is 69.4 Å². The predicted molar refractivity (Wildman–Crippen MR) is 132 cm³/mol. The fourth-order valence-corrected chi connectivity index (χ4v) is 4.30. The minimum atomic E-state index is -0.466. The molecular formula is C27H35N3O3. The first kappa shape index (κ1) is 23.3.